The lowest BCUT2D eigenvalue weighted by molar-refractivity contribution is 0.102. The number of hydrogen-bond donors (Lipinski definition) is 1. The molecule has 0 saturated heterocycles. The van der Waals surface area contributed by atoms with E-state index in [1.54, 1.807) is 48.5 Å². The second kappa shape index (κ2) is 7.93. The maximum atomic E-state index is 13.1. The molecule has 0 aliphatic rings. The second-order valence-corrected chi connectivity index (χ2v) is 6.65. The van der Waals surface area contributed by atoms with Gasteiger partial charge in [-0.25, -0.2) is 9.37 Å². The number of nitrogens with zero attached hydrogens (tertiary/aromatic N) is 1. The molecule has 5 nitrogen and oxygen atoms in total. The number of aromatic nitrogens is 1. The van der Waals surface area contributed by atoms with E-state index in [1.165, 1.54) is 12.1 Å². The first-order valence-corrected chi connectivity index (χ1v) is 9.31. The van der Waals surface area contributed by atoms with E-state index in [9.17, 15) is 9.18 Å². The fourth-order valence-electron chi connectivity index (χ4n) is 2.84. The molecule has 1 amide bonds. The Hall–Kier alpha value is -3.38. The van der Waals surface area contributed by atoms with Gasteiger partial charge in [-0.1, -0.05) is 11.6 Å². The summed E-state index contributed by atoms with van der Waals surface area (Å²) in [4.78, 5) is 17.0. The van der Waals surface area contributed by atoms with Crippen molar-refractivity contribution in [3.8, 4) is 17.2 Å². The van der Waals surface area contributed by atoms with Crippen molar-refractivity contribution >= 4 is 34.3 Å². The molecule has 4 rings (SSSR count). The van der Waals surface area contributed by atoms with Crippen LogP contribution in [0.2, 0.25) is 5.02 Å². The molecule has 0 spiro atoms. The Kier molecular flexibility index (Phi) is 5.18. The molecule has 0 aliphatic heterocycles. The zero-order valence-corrected chi connectivity index (χ0v) is 16.2. The van der Waals surface area contributed by atoms with Gasteiger partial charge >= 0.3 is 0 Å². The lowest BCUT2D eigenvalue weighted by Crippen LogP contribution is -2.11. The summed E-state index contributed by atoms with van der Waals surface area (Å²) in [7, 11) is 0. The summed E-state index contributed by atoms with van der Waals surface area (Å²) in [6.45, 7) is 2.35. The number of ether oxygens (including phenoxy) is 1. The third-order valence-corrected chi connectivity index (χ3v) is 4.53. The predicted molar refractivity (Wildman–Crippen MR) is 110 cm³/mol. The van der Waals surface area contributed by atoms with Crippen molar-refractivity contribution in [3.05, 3.63) is 77.1 Å². The Labute approximate surface area is 171 Å². The molecule has 0 fully saturated rings. The fraction of sp³-hybridized carbons (Fsp3) is 0.0909. The monoisotopic (exact) mass is 410 g/mol. The number of oxazole rings is 1. The molecule has 0 aliphatic carbocycles. The van der Waals surface area contributed by atoms with Crippen LogP contribution >= 0.6 is 11.6 Å². The number of benzene rings is 3. The third-order valence-electron chi connectivity index (χ3n) is 4.23. The van der Waals surface area contributed by atoms with Gasteiger partial charge in [-0.15, -0.1) is 0 Å². The Bertz CT molecular complexity index is 1190. The largest absolute Gasteiger partial charge is 0.492 e. The molecule has 0 radical (unpaired) electrons. The number of nitrogens with one attached hydrogen (secondary N) is 1. The average Bonchev–Trinajstić information content (AvgIpc) is 3.13. The molecule has 1 N–H and O–H groups in total. The summed E-state index contributed by atoms with van der Waals surface area (Å²) in [5.74, 6) is 0.269. The molecule has 4 aromatic rings. The van der Waals surface area contributed by atoms with Crippen LogP contribution in [0, 0.1) is 5.82 Å². The van der Waals surface area contributed by atoms with Gasteiger partial charge in [-0.3, -0.25) is 4.79 Å². The van der Waals surface area contributed by atoms with Gasteiger partial charge in [0, 0.05) is 16.8 Å². The van der Waals surface area contributed by atoms with Crippen molar-refractivity contribution in [1.29, 1.82) is 0 Å². The van der Waals surface area contributed by atoms with Gasteiger partial charge in [-0.05, 0) is 67.6 Å². The molecular weight excluding hydrogens is 395 g/mol. The maximum Gasteiger partial charge on any atom is 0.255 e. The zero-order valence-electron chi connectivity index (χ0n) is 15.4. The third kappa shape index (κ3) is 4.07. The summed E-state index contributed by atoms with van der Waals surface area (Å²) < 4.78 is 24.2. The highest BCUT2D eigenvalue weighted by Crippen LogP contribution is 2.28. The maximum absolute atomic E-state index is 13.1. The van der Waals surface area contributed by atoms with E-state index >= 15 is 0 Å². The van der Waals surface area contributed by atoms with Crippen molar-refractivity contribution in [2.45, 2.75) is 6.92 Å². The highest BCUT2D eigenvalue weighted by atomic mass is 35.5. The Balaban J connectivity index is 1.56. The van der Waals surface area contributed by atoms with Crippen LogP contribution < -0.4 is 10.1 Å². The van der Waals surface area contributed by atoms with Gasteiger partial charge in [-0.2, -0.15) is 0 Å². The molecule has 0 bridgehead atoms. The van der Waals surface area contributed by atoms with Crippen LogP contribution in [-0.4, -0.2) is 17.5 Å². The topological polar surface area (TPSA) is 64.4 Å². The summed E-state index contributed by atoms with van der Waals surface area (Å²) in [6, 6.07) is 15.9. The van der Waals surface area contributed by atoms with Crippen molar-refractivity contribution in [2.75, 3.05) is 11.9 Å². The second-order valence-electron chi connectivity index (χ2n) is 6.24. The van der Waals surface area contributed by atoms with Gasteiger partial charge in [0.15, 0.2) is 5.58 Å². The first kappa shape index (κ1) is 19.0. The van der Waals surface area contributed by atoms with Crippen LogP contribution in [0.1, 0.15) is 17.3 Å². The number of anilines is 1. The lowest BCUT2D eigenvalue weighted by Gasteiger charge is -2.08. The van der Waals surface area contributed by atoms with Crippen molar-refractivity contribution < 1.29 is 18.3 Å². The molecule has 29 heavy (non-hydrogen) atoms. The number of fused-ring (bicyclic) bond motifs is 1. The van der Waals surface area contributed by atoms with Gasteiger partial charge in [0.05, 0.1) is 11.6 Å². The van der Waals surface area contributed by atoms with E-state index in [0.29, 0.717) is 51.2 Å². The van der Waals surface area contributed by atoms with E-state index in [2.05, 4.69) is 10.3 Å². The van der Waals surface area contributed by atoms with E-state index in [0.717, 1.165) is 0 Å². The zero-order chi connectivity index (χ0) is 20.4. The minimum atomic E-state index is -0.329. The molecule has 7 heteroatoms. The molecule has 0 saturated carbocycles. The first-order valence-electron chi connectivity index (χ1n) is 8.93. The van der Waals surface area contributed by atoms with Crippen molar-refractivity contribution in [2.24, 2.45) is 0 Å². The highest BCUT2D eigenvalue weighted by Gasteiger charge is 2.12. The van der Waals surface area contributed by atoms with E-state index in [4.69, 9.17) is 20.8 Å². The SMILES string of the molecule is CCOc1ccc(C(=O)Nc2ccc3oc(-c4ccc(F)cc4)nc3c2)cc1Cl. The van der Waals surface area contributed by atoms with Gasteiger partial charge < -0.3 is 14.5 Å². The normalized spacial score (nSPS) is 10.9. The minimum absolute atomic E-state index is 0.309. The number of carbonyl (C=O) groups excluding carboxylic acids is 1. The van der Waals surface area contributed by atoms with Crippen LogP contribution in [0.4, 0.5) is 10.1 Å². The number of amides is 1. The lowest BCUT2D eigenvalue weighted by atomic mass is 10.2. The number of halogens is 2. The van der Waals surface area contributed by atoms with Crippen LogP contribution in [0.25, 0.3) is 22.6 Å². The Morgan fingerprint density at radius 3 is 2.66 bits per heavy atom. The van der Waals surface area contributed by atoms with Crippen molar-refractivity contribution in [3.63, 3.8) is 0 Å². The van der Waals surface area contributed by atoms with E-state index in [-0.39, 0.29) is 11.7 Å². The Morgan fingerprint density at radius 2 is 1.93 bits per heavy atom. The summed E-state index contributed by atoms with van der Waals surface area (Å²) >= 11 is 6.15. The van der Waals surface area contributed by atoms with Gasteiger partial charge in [0.1, 0.15) is 17.1 Å². The summed E-state index contributed by atoms with van der Waals surface area (Å²) in [6.07, 6.45) is 0. The number of rotatable bonds is 5. The quantitative estimate of drug-likeness (QED) is 0.442. The molecule has 146 valence electrons. The smallest absolute Gasteiger partial charge is 0.255 e. The summed E-state index contributed by atoms with van der Waals surface area (Å²) in [5.41, 5.74) is 2.77. The number of hydrogen-bond acceptors (Lipinski definition) is 4. The average molecular weight is 411 g/mol. The van der Waals surface area contributed by atoms with Gasteiger partial charge in [0.2, 0.25) is 5.89 Å². The standard InChI is InChI=1S/C22H16ClFN2O3/c1-2-28-19-9-5-14(11-17(19)23)21(27)25-16-8-10-20-18(12-16)26-22(29-20)13-3-6-15(24)7-4-13/h3-12H,2H2,1H3,(H,25,27). The summed E-state index contributed by atoms with van der Waals surface area (Å²) in [5, 5.41) is 3.19. The molecule has 1 aromatic heterocycles. The van der Waals surface area contributed by atoms with E-state index in [1.807, 2.05) is 6.92 Å². The van der Waals surface area contributed by atoms with E-state index < -0.39 is 0 Å². The van der Waals surface area contributed by atoms with Crippen LogP contribution in [0.15, 0.2) is 65.1 Å². The molecular formula is C22H16ClFN2O3. The van der Waals surface area contributed by atoms with Crippen LogP contribution in [0.5, 0.6) is 5.75 Å². The first-order chi connectivity index (χ1) is 14.0. The van der Waals surface area contributed by atoms with Gasteiger partial charge in [0.25, 0.3) is 5.91 Å². The van der Waals surface area contributed by atoms with Crippen LogP contribution in [-0.2, 0) is 0 Å². The molecule has 1 heterocycles. The predicted octanol–water partition coefficient (Wildman–Crippen LogP) is 5.94. The molecule has 3 aromatic carbocycles. The fourth-order valence-corrected chi connectivity index (χ4v) is 3.07. The molecule has 0 atom stereocenters. The minimum Gasteiger partial charge on any atom is -0.492 e. The molecule has 0 unspecified atom stereocenters. The van der Waals surface area contributed by atoms with Crippen molar-refractivity contribution in [1.82, 2.24) is 4.98 Å². The Morgan fingerprint density at radius 1 is 1.14 bits per heavy atom. The van der Waals surface area contributed by atoms with Crippen LogP contribution in [0.3, 0.4) is 0 Å². The highest BCUT2D eigenvalue weighted by molar-refractivity contribution is 6.32. The number of carbonyl (C=O) groups is 1.